The van der Waals surface area contributed by atoms with Crippen LogP contribution < -0.4 is 4.90 Å². The number of benzene rings is 2. The molecule has 1 fully saturated rings. The normalized spacial score (nSPS) is 16.1. The Bertz CT molecular complexity index is 864. The van der Waals surface area contributed by atoms with E-state index in [1.165, 1.54) is 24.3 Å². The van der Waals surface area contributed by atoms with Gasteiger partial charge in [-0.05, 0) is 42.7 Å². The number of hydrogen-bond donors (Lipinski definition) is 0. The molecule has 2 aromatic rings. The van der Waals surface area contributed by atoms with E-state index in [1.807, 2.05) is 0 Å². The molecule has 1 heterocycles. The Morgan fingerprint density at radius 3 is 2.30 bits per heavy atom. The molecule has 0 spiro atoms. The molecule has 0 aliphatic carbocycles. The first kappa shape index (κ1) is 19.7. The quantitative estimate of drug-likeness (QED) is 0.737. The Kier molecular flexibility index (Phi) is 6.06. The number of hydrogen-bond acceptors (Lipinski definition) is 4. The molecule has 0 N–H and O–H groups in total. The highest BCUT2D eigenvalue weighted by atomic mass is 32.2. The predicted octanol–water partition coefficient (Wildman–Crippen LogP) is 4.01. The average molecular weight is 399 g/mol. The van der Waals surface area contributed by atoms with Gasteiger partial charge in [-0.25, -0.2) is 12.8 Å². The summed E-state index contributed by atoms with van der Waals surface area (Å²) in [6, 6.07) is 11.9. The van der Waals surface area contributed by atoms with Crippen LogP contribution in [0.5, 0.6) is 0 Å². The summed E-state index contributed by atoms with van der Waals surface area (Å²) >= 11 is 0. The fraction of sp³-hybridized carbons (Fsp3) is 0.368. The summed E-state index contributed by atoms with van der Waals surface area (Å²) in [6.45, 7) is 1.37. The highest BCUT2D eigenvalue weighted by Crippen LogP contribution is 2.31. The molecule has 4 nitrogen and oxygen atoms in total. The minimum absolute atomic E-state index is 0.0230. The number of para-hydroxylation sites is 1. The van der Waals surface area contributed by atoms with Crippen molar-refractivity contribution in [3.63, 3.8) is 0 Å². The van der Waals surface area contributed by atoms with Crippen LogP contribution in [-0.2, 0) is 21.2 Å². The molecule has 0 saturated carbocycles. The SMILES string of the molecule is O=S(=O)(c1ccccc1N1CCC(OCc2ccc(F)cc2)CC1)C(F)F. The number of piperidine rings is 1. The van der Waals surface area contributed by atoms with Gasteiger partial charge < -0.3 is 9.64 Å². The van der Waals surface area contributed by atoms with E-state index in [2.05, 4.69) is 0 Å². The van der Waals surface area contributed by atoms with E-state index in [-0.39, 0.29) is 16.8 Å². The van der Waals surface area contributed by atoms with Crippen molar-refractivity contribution < 1.29 is 26.3 Å². The second-order valence-corrected chi connectivity index (χ2v) is 8.28. The molecular weight excluding hydrogens is 379 g/mol. The summed E-state index contributed by atoms with van der Waals surface area (Å²) in [5, 5.41) is 0. The van der Waals surface area contributed by atoms with Crippen LogP contribution in [0.15, 0.2) is 53.4 Å². The molecule has 3 rings (SSSR count). The van der Waals surface area contributed by atoms with Crippen LogP contribution >= 0.6 is 0 Å². The Morgan fingerprint density at radius 1 is 1.04 bits per heavy atom. The van der Waals surface area contributed by atoms with Gasteiger partial charge in [-0.2, -0.15) is 8.78 Å². The summed E-state index contributed by atoms with van der Waals surface area (Å²) in [6.07, 6.45) is 1.26. The van der Waals surface area contributed by atoms with Gasteiger partial charge in [0.15, 0.2) is 0 Å². The van der Waals surface area contributed by atoms with Crippen molar-refractivity contribution in [3.05, 3.63) is 59.9 Å². The highest BCUT2D eigenvalue weighted by Gasteiger charge is 2.31. The molecule has 0 unspecified atom stereocenters. The molecule has 1 aliphatic heterocycles. The third kappa shape index (κ3) is 4.62. The maximum Gasteiger partial charge on any atom is 0.341 e. The van der Waals surface area contributed by atoms with Crippen molar-refractivity contribution in [3.8, 4) is 0 Å². The molecule has 0 radical (unpaired) electrons. The Morgan fingerprint density at radius 2 is 1.67 bits per heavy atom. The number of sulfone groups is 1. The smallest absolute Gasteiger partial charge is 0.341 e. The van der Waals surface area contributed by atoms with E-state index in [9.17, 15) is 21.6 Å². The minimum Gasteiger partial charge on any atom is -0.373 e. The zero-order valence-electron chi connectivity index (χ0n) is 14.5. The number of alkyl halides is 2. The molecule has 1 saturated heterocycles. The zero-order chi connectivity index (χ0) is 19.4. The Hall–Kier alpha value is -2.06. The molecule has 27 heavy (non-hydrogen) atoms. The van der Waals surface area contributed by atoms with Gasteiger partial charge in [-0.15, -0.1) is 0 Å². The summed E-state index contributed by atoms with van der Waals surface area (Å²) in [4.78, 5) is 1.46. The van der Waals surface area contributed by atoms with Crippen LogP contribution in [0.2, 0.25) is 0 Å². The second kappa shape index (κ2) is 8.31. The van der Waals surface area contributed by atoms with Gasteiger partial charge in [0.25, 0.3) is 0 Å². The largest absolute Gasteiger partial charge is 0.373 e. The van der Waals surface area contributed by atoms with E-state index in [0.29, 0.717) is 38.2 Å². The summed E-state index contributed by atoms with van der Waals surface area (Å²) < 4.78 is 68.5. The molecule has 146 valence electrons. The molecule has 1 aliphatic rings. The third-order valence-electron chi connectivity index (χ3n) is 4.59. The van der Waals surface area contributed by atoms with Crippen molar-refractivity contribution >= 4 is 15.5 Å². The Labute approximate surface area is 156 Å². The fourth-order valence-corrected chi connectivity index (χ4v) is 4.06. The number of rotatable bonds is 6. The van der Waals surface area contributed by atoms with Crippen molar-refractivity contribution in [1.82, 2.24) is 0 Å². The first-order valence-corrected chi connectivity index (χ1v) is 10.1. The van der Waals surface area contributed by atoms with Gasteiger partial charge in [0.1, 0.15) is 5.82 Å². The van der Waals surface area contributed by atoms with Gasteiger partial charge in [0, 0.05) is 13.1 Å². The van der Waals surface area contributed by atoms with Crippen molar-refractivity contribution in [2.45, 2.75) is 36.2 Å². The molecule has 0 atom stereocenters. The lowest BCUT2D eigenvalue weighted by Crippen LogP contribution is -2.37. The van der Waals surface area contributed by atoms with Gasteiger partial charge in [0.2, 0.25) is 9.84 Å². The van der Waals surface area contributed by atoms with Gasteiger partial charge in [0.05, 0.1) is 23.3 Å². The van der Waals surface area contributed by atoms with Crippen LogP contribution in [0.1, 0.15) is 18.4 Å². The third-order valence-corrected chi connectivity index (χ3v) is 6.02. The molecular formula is C19H20F3NO3S. The van der Waals surface area contributed by atoms with Gasteiger partial charge in [-0.3, -0.25) is 0 Å². The van der Waals surface area contributed by atoms with Crippen LogP contribution in [0, 0.1) is 5.82 Å². The van der Waals surface area contributed by atoms with Crippen molar-refractivity contribution in [2.75, 3.05) is 18.0 Å². The predicted molar refractivity (Wildman–Crippen MR) is 96.1 cm³/mol. The first-order valence-electron chi connectivity index (χ1n) is 8.60. The number of nitrogens with zero attached hydrogens (tertiary/aromatic N) is 1. The van der Waals surface area contributed by atoms with Gasteiger partial charge >= 0.3 is 5.76 Å². The molecule has 8 heteroatoms. The lowest BCUT2D eigenvalue weighted by Gasteiger charge is -2.34. The maximum absolute atomic E-state index is 12.9. The van der Waals surface area contributed by atoms with E-state index in [0.717, 1.165) is 5.56 Å². The minimum atomic E-state index is -4.66. The van der Waals surface area contributed by atoms with Gasteiger partial charge in [-0.1, -0.05) is 24.3 Å². The van der Waals surface area contributed by atoms with Crippen LogP contribution in [-0.4, -0.2) is 33.4 Å². The molecule has 0 amide bonds. The topological polar surface area (TPSA) is 46.6 Å². The van der Waals surface area contributed by atoms with Crippen LogP contribution in [0.4, 0.5) is 18.9 Å². The molecule has 0 aromatic heterocycles. The van der Waals surface area contributed by atoms with Crippen LogP contribution in [0.3, 0.4) is 0 Å². The molecule has 2 aromatic carbocycles. The van der Waals surface area contributed by atoms with Crippen LogP contribution in [0.25, 0.3) is 0 Å². The summed E-state index contributed by atoms with van der Waals surface area (Å²) in [5.74, 6) is -3.75. The van der Waals surface area contributed by atoms with E-state index < -0.39 is 15.6 Å². The standard InChI is InChI=1S/C19H20F3NO3S/c20-15-7-5-14(6-8-15)13-26-16-9-11-23(12-10-16)17-3-1-2-4-18(17)27(24,25)19(21)22/h1-8,16,19H,9-13H2. The van der Waals surface area contributed by atoms with E-state index in [4.69, 9.17) is 4.74 Å². The lowest BCUT2D eigenvalue weighted by atomic mass is 10.1. The molecule has 0 bridgehead atoms. The highest BCUT2D eigenvalue weighted by molar-refractivity contribution is 7.91. The monoisotopic (exact) mass is 399 g/mol. The zero-order valence-corrected chi connectivity index (χ0v) is 15.3. The first-order chi connectivity index (χ1) is 12.9. The lowest BCUT2D eigenvalue weighted by molar-refractivity contribution is 0.0250. The maximum atomic E-state index is 12.9. The number of ether oxygens (including phenoxy) is 1. The number of anilines is 1. The number of halogens is 3. The second-order valence-electron chi connectivity index (χ2n) is 6.40. The van der Waals surface area contributed by atoms with E-state index in [1.54, 1.807) is 29.2 Å². The fourth-order valence-electron chi connectivity index (χ4n) is 3.11. The Balaban J connectivity index is 1.62. The van der Waals surface area contributed by atoms with Crippen molar-refractivity contribution in [2.24, 2.45) is 0 Å². The van der Waals surface area contributed by atoms with Crippen molar-refractivity contribution in [1.29, 1.82) is 0 Å². The summed E-state index contributed by atoms with van der Waals surface area (Å²) in [5.41, 5.74) is 1.17. The summed E-state index contributed by atoms with van der Waals surface area (Å²) in [7, 11) is -4.66. The average Bonchev–Trinajstić information content (AvgIpc) is 2.68. The van der Waals surface area contributed by atoms with E-state index >= 15 is 0 Å².